The highest BCUT2D eigenvalue weighted by atomic mass is 32.1. The molecule has 0 amide bonds. The highest BCUT2D eigenvalue weighted by Crippen LogP contribution is 2.34. The Morgan fingerprint density at radius 3 is 2.71 bits per heavy atom. The fourth-order valence-electron chi connectivity index (χ4n) is 1.15. The maximum atomic E-state index is 12.3. The van der Waals surface area contributed by atoms with Crippen LogP contribution in [0.25, 0.3) is 0 Å². The number of thiazole rings is 2. The summed E-state index contributed by atoms with van der Waals surface area (Å²) in [4.78, 5) is 7.06. The molecule has 17 heavy (non-hydrogen) atoms. The zero-order valence-electron chi connectivity index (χ0n) is 8.49. The van der Waals surface area contributed by atoms with Crippen LogP contribution in [0.3, 0.4) is 0 Å². The zero-order chi connectivity index (χ0) is 12.3. The van der Waals surface area contributed by atoms with E-state index in [-0.39, 0.29) is 5.13 Å². The standard InChI is InChI=1S/C9H8F3N3S2/c10-9(11,12)7-3-14-8(17-7)13-2-1-6-4-16-5-15-6/h3-5H,1-2H2,(H,13,14). The van der Waals surface area contributed by atoms with E-state index in [1.165, 1.54) is 11.3 Å². The number of nitrogens with one attached hydrogen (secondary N) is 1. The second kappa shape index (κ2) is 5.01. The predicted molar refractivity (Wildman–Crippen MR) is 61.4 cm³/mol. The van der Waals surface area contributed by atoms with Crippen molar-refractivity contribution < 1.29 is 13.2 Å². The summed E-state index contributed by atoms with van der Waals surface area (Å²) >= 11 is 2.10. The van der Waals surface area contributed by atoms with Gasteiger partial charge in [-0.25, -0.2) is 9.97 Å². The minimum Gasteiger partial charge on any atom is -0.361 e. The van der Waals surface area contributed by atoms with Gasteiger partial charge < -0.3 is 5.32 Å². The summed E-state index contributed by atoms with van der Waals surface area (Å²) in [5.41, 5.74) is 2.65. The second-order valence-corrected chi connectivity index (χ2v) is 4.93. The van der Waals surface area contributed by atoms with Crippen molar-refractivity contribution in [3.63, 3.8) is 0 Å². The lowest BCUT2D eigenvalue weighted by Crippen LogP contribution is -2.04. The van der Waals surface area contributed by atoms with Gasteiger partial charge in [-0.15, -0.1) is 11.3 Å². The maximum absolute atomic E-state index is 12.3. The Kier molecular flexibility index (Phi) is 3.63. The van der Waals surface area contributed by atoms with Crippen LogP contribution in [0, 0.1) is 0 Å². The molecule has 2 rings (SSSR count). The lowest BCUT2D eigenvalue weighted by Gasteiger charge is -2.01. The first-order valence-corrected chi connectivity index (χ1v) is 6.45. The van der Waals surface area contributed by atoms with Gasteiger partial charge in [-0.05, 0) is 0 Å². The van der Waals surface area contributed by atoms with Crippen LogP contribution in [0.1, 0.15) is 10.6 Å². The van der Waals surface area contributed by atoms with Crippen LogP contribution in [-0.4, -0.2) is 16.5 Å². The van der Waals surface area contributed by atoms with Gasteiger partial charge in [-0.3, -0.25) is 0 Å². The minimum atomic E-state index is -4.31. The van der Waals surface area contributed by atoms with Crippen molar-refractivity contribution in [2.45, 2.75) is 12.6 Å². The lowest BCUT2D eigenvalue weighted by molar-refractivity contribution is -0.134. The summed E-state index contributed by atoms with van der Waals surface area (Å²) in [6.07, 6.45) is -2.80. The molecule has 1 N–H and O–H groups in total. The molecule has 0 unspecified atom stereocenters. The average Bonchev–Trinajstić information content (AvgIpc) is 2.86. The van der Waals surface area contributed by atoms with Gasteiger partial charge in [-0.2, -0.15) is 13.2 Å². The molecule has 0 spiro atoms. The van der Waals surface area contributed by atoms with Gasteiger partial charge in [0.05, 0.1) is 17.4 Å². The molecular weight excluding hydrogens is 271 g/mol. The van der Waals surface area contributed by atoms with Gasteiger partial charge in [0.15, 0.2) is 5.13 Å². The smallest absolute Gasteiger partial charge is 0.361 e. The lowest BCUT2D eigenvalue weighted by atomic mass is 10.3. The molecule has 2 aromatic heterocycles. The summed E-state index contributed by atoms with van der Waals surface area (Å²) in [5, 5.41) is 5.04. The summed E-state index contributed by atoms with van der Waals surface area (Å²) in [6, 6.07) is 0. The van der Waals surface area contributed by atoms with E-state index in [1.807, 2.05) is 5.38 Å². The Morgan fingerprint density at radius 2 is 2.12 bits per heavy atom. The van der Waals surface area contributed by atoms with Gasteiger partial charge in [0.1, 0.15) is 4.88 Å². The topological polar surface area (TPSA) is 37.8 Å². The van der Waals surface area contributed by atoms with Crippen molar-refractivity contribution in [1.29, 1.82) is 0 Å². The molecule has 2 heterocycles. The predicted octanol–water partition coefficient (Wildman–Crippen LogP) is 3.27. The first-order valence-electron chi connectivity index (χ1n) is 4.69. The summed E-state index contributed by atoms with van der Waals surface area (Å²) < 4.78 is 36.8. The molecule has 8 heteroatoms. The first kappa shape index (κ1) is 12.3. The Labute approximate surface area is 103 Å². The molecule has 0 atom stereocenters. The highest BCUT2D eigenvalue weighted by molar-refractivity contribution is 7.15. The number of anilines is 1. The number of nitrogens with zero attached hydrogens (tertiary/aromatic N) is 2. The molecule has 0 aliphatic heterocycles. The third-order valence-corrected chi connectivity index (χ3v) is 3.56. The monoisotopic (exact) mass is 279 g/mol. The Balaban J connectivity index is 1.85. The molecule has 0 fully saturated rings. The van der Waals surface area contributed by atoms with Crippen molar-refractivity contribution in [2.75, 3.05) is 11.9 Å². The van der Waals surface area contributed by atoms with Crippen molar-refractivity contribution in [3.05, 3.63) is 27.7 Å². The van der Waals surface area contributed by atoms with Crippen LogP contribution in [0.4, 0.5) is 18.3 Å². The van der Waals surface area contributed by atoms with Gasteiger partial charge in [-0.1, -0.05) is 11.3 Å². The van der Waals surface area contributed by atoms with Gasteiger partial charge in [0.25, 0.3) is 0 Å². The van der Waals surface area contributed by atoms with E-state index in [9.17, 15) is 13.2 Å². The number of alkyl halides is 3. The maximum Gasteiger partial charge on any atom is 0.427 e. The minimum absolute atomic E-state index is 0.285. The third-order valence-electron chi connectivity index (χ3n) is 1.93. The Bertz CT molecular complexity index is 464. The van der Waals surface area contributed by atoms with E-state index in [4.69, 9.17) is 0 Å². The summed E-state index contributed by atoms with van der Waals surface area (Å²) in [7, 11) is 0. The molecular formula is C9H8F3N3S2. The van der Waals surface area contributed by atoms with E-state index in [2.05, 4.69) is 15.3 Å². The molecule has 0 aromatic carbocycles. The van der Waals surface area contributed by atoms with Crippen LogP contribution in [0.2, 0.25) is 0 Å². The first-order chi connectivity index (χ1) is 8.05. The molecule has 0 saturated carbocycles. The summed E-state index contributed by atoms with van der Waals surface area (Å²) in [5.74, 6) is 0. The fraction of sp³-hybridized carbons (Fsp3) is 0.333. The molecule has 0 radical (unpaired) electrons. The average molecular weight is 279 g/mol. The second-order valence-electron chi connectivity index (χ2n) is 3.18. The highest BCUT2D eigenvalue weighted by Gasteiger charge is 2.33. The molecule has 3 nitrogen and oxygen atoms in total. The molecule has 92 valence electrons. The van der Waals surface area contributed by atoms with Gasteiger partial charge in [0, 0.05) is 18.3 Å². The number of aromatic nitrogens is 2. The Morgan fingerprint density at radius 1 is 1.29 bits per heavy atom. The van der Waals surface area contributed by atoms with Crippen LogP contribution < -0.4 is 5.32 Å². The molecule has 0 aliphatic rings. The van der Waals surface area contributed by atoms with Crippen molar-refractivity contribution in [2.24, 2.45) is 0 Å². The van der Waals surface area contributed by atoms with Crippen LogP contribution in [0.15, 0.2) is 17.1 Å². The van der Waals surface area contributed by atoms with E-state index in [0.717, 1.165) is 11.9 Å². The van der Waals surface area contributed by atoms with Crippen LogP contribution in [0.5, 0.6) is 0 Å². The number of hydrogen-bond acceptors (Lipinski definition) is 5. The number of halogens is 3. The number of rotatable bonds is 4. The van der Waals surface area contributed by atoms with Crippen molar-refractivity contribution in [3.8, 4) is 0 Å². The van der Waals surface area contributed by atoms with Gasteiger partial charge in [0.2, 0.25) is 0 Å². The fourth-order valence-corrected chi connectivity index (χ4v) is 2.45. The van der Waals surface area contributed by atoms with Crippen LogP contribution in [-0.2, 0) is 12.6 Å². The zero-order valence-corrected chi connectivity index (χ0v) is 10.1. The van der Waals surface area contributed by atoms with E-state index >= 15 is 0 Å². The largest absolute Gasteiger partial charge is 0.427 e. The van der Waals surface area contributed by atoms with E-state index in [0.29, 0.717) is 24.3 Å². The van der Waals surface area contributed by atoms with E-state index < -0.39 is 11.1 Å². The molecule has 0 bridgehead atoms. The summed E-state index contributed by atoms with van der Waals surface area (Å²) in [6.45, 7) is 0.522. The molecule has 2 aromatic rings. The van der Waals surface area contributed by atoms with Crippen LogP contribution >= 0.6 is 22.7 Å². The van der Waals surface area contributed by atoms with Crippen molar-refractivity contribution >= 4 is 27.8 Å². The SMILES string of the molecule is FC(F)(F)c1cnc(NCCc2cscn2)s1. The Hall–Kier alpha value is -1.15. The quantitative estimate of drug-likeness (QED) is 0.933. The molecule has 0 saturated heterocycles. The molecule has 0 aliphatic carbocycles. The normalized spacial score (nSPS) is 11.7. The van der Waals surface area contributed by atoms with E-state index in [1.54, 1.807) is 5.51 Å². The number of hydrogen-bond donors (Lipinski definition) is 1. The third kappa shape index (κ3) is 3.40. The van der Waals surface area contributed by atoms with Crippen molar-refractivity contribution in [1.82, 2.24) is 9.97 Å². The van der Waals surface area contributed by atoms with Gasteiger partial charge >= 0.3 is 6.18 Å².